The van der Waals surface area contributed by atoms with E-state index in [1.54, 1.807) is 11.1 Å². The summed E-state index contributed by atoms with van der Waals surface area (Å²) < 4.78 is 0. The summed E-state index contributed by atoms with van der Waals surface area (Å²) in [6, 6.07) is 6.98. The first-order chi connectivity index (χ1) is 9.86. The Labute approximate surface area is 122 Å². The van der Waals surface area contributed by atoms with Gasteiger partial charge in [0.25, 0.3) is 0 Å². The van der Waals surface area contributed by atoms with Crippen molar-refractivity contribution in [1.82, 2.24) is 5.32 Å². The zero-order chi connectivity index (χ0) is 13.8. The summed E-state index contributed by atoms with van der Waals surface area (Å²) in [7, 11) is 0. The van der Waals surface area contributed by atoms with E-state index < -0.39 is 0 Å². The van der Waals surface area contributed by atoms with Gasteiger partial charge in [-0.3, -0.25) is 0 Å². The zero-order valence-corrected chi connectivity index (χ0v) is 12.4. The molecule has 0 amide bonds. The summed E-state index contributed by atoms with van der Waals surface area (Å²) in [6.45, 7) is 2.40. The van der Waals surface area contributed by atoms with Crippen LogP contribution in [-0.4, -0.2) is 18.3 Å². The Bertz CT molecular complexity index is 443. The quantitative estimate of drug-likeness (QED) is 0.864. The second-order valence-corrected chi connectivity index (χ2v) is 6.57. The highest BCUT2D eigenvalue weighted by molar-refractivity contribution is 5.35. The predicted molar refractivity (Wildman–Crippen MR) is 82.7 cm³/mol. The van der Waals surface area contributed by atoms with Gasteiger partial charge in [0.2, 0.25) is 0 Å². The lowest BCUT2D eigenvalue weighted by molar-refractivity contribution is 0.133. The number of hydrogen-bond donors (Lipinski definition) is 2. The second kappa shape index (κ2) is 6.73. The summed E-state index contributed by atoms with van der Waals surface area (Å²) in [5, 5.41) is 13.1. The third-order valence-electron chi connectivity index (χ3n) is 5.20. The van der Waals surface area contributed by atoms with Crippen molar-refractivity contribution in [2.75, 3.05) is 13.2 Å². The molecule has 0 radical (unpaired) electrons. The maximum Gasteiger partial charge on any atom is 0.0462 e. The van der Waals surface area contributed by atoms with Crippen LogP contribution in [0.2, 0.25) is 0 Å². The predicted octanol–water partition coefficient (Wildman–Crippen LogP) is 3.06. The molecule has 0 aromatic heterocycles. The van der Waals surface area contributed by atoms with Gasteiger partial charge in [-0.25, -0.2) is 0 Å². The van der Waals surface area contributed by atoms with Crippen LogP contribution in [-0.2, 0) is 19.4 Å². The summed E-state index contributed by atoms with van der Waals surface area (Å²) >= 11 is 0. The molecule has 0 bridgehead atoms. The fourth-order valence-corrected chi connectivity index (χ4v) is 3.93. The van der Waals surface area contributed by atoms with Crippen LogP contribution >= 0.6 is 0 Å². The number of rotatable bonds is 5. The Kier molecular flexibility index (Phi) is 4.74. The Morgan fingerprint density at radius 1 is 1.00 bits per heavy atom. The van der Waals surface area contributed by atoms with Crippen LogP contribution in [0.1, 0.15) is 48.8 Å². The third kappa shape index (κ3) is 3.24. The average molecular weight is 273 g/mol. The summed E-state index contributed by atoms with van der Waals surface area (Å²) in [6.07, 6.45) is 8.98. The number of hydrogen-bond acceptors (Lipinski definition) is 2. The lowest BCUT2D eigenvalue weighted by Gasteiger charge is -2.30. The lowest BCUT2D eigenvalue weighted by Crippen LogP contribution is -2.32. The molecule has 2 aliphatic carbocycles. The largest absolute Gasteiger partial charge is 0.396 e. The number of aliphatic hydroxyl groups excluding tert-OH is 1. The van der Waals surface area contributed by atoms with E-state index in [1.807, 2.05) is 0 Å². The topological polar surface area (TPSA) is 32.3 Å². The Morgan fingerprint density at radius 2 is 1.80 bits per heavy atom. The molecule has 1 aromatic carbocycles. The molecular formula is C18H27NO. The maximum absolute atomic E-state index is 9.46. The van der Waals surface area contributed by atoms with Gasteiger partial charge in [-0.05, 0) is 67.2 Å². The summed E-state index contributed by atoms with van der Waals surface area (Å²) in [5.74, 6) is 1.19. The number of aryl methyl sites for hydroxylation is 2. The zero-order valence-electron chi connectivity index (χ0n) is 12.4. The molecule has 2 N–H and O–H groups in total. The molecule has 1 aromatic rings. The number of aliphatic hydroxyl groups is 1. The molecule has 3 rings (SSSR count). The van der Waals surface area contributed by atoms with E-state index in [0.29, 0.717) is 18.4 Å². The standard InChI is InChI=1S/C18H27NO/c20-13-18-5-2-1-4-17(18)12-19-11-14-8-9-15-6-3-7-16(15)10-14/h8-10,17-20H,1-7,11-13H2. The molecule has 1 fully saturated rings. The second-order valence-electron chi connectivity index (χ2n) is 6.57. The highest BCUT2D eigenvalue weighted by Crippen LogP contribution is 2.29. The first-order valence-corrected chi connectivity index (χ1v) is 8.29. The molecule has 110 valence electrons. The van der Waals surface area contributed by atoms with Crippen LogP contribution in [0.25, 0.3) is 0 Å². The minimum absolute atomic E-state index is 0.366. The number of nitrogens with one attached hydrogen (secondary N) is 1. The normalized spacial score (nSPS) is 25.6. The van der Waals surface area contributed by atoms with Crippen molar-refractivity contribution in [2.45, 2.75) is 51.5 Å². The minimum Gasteiger partial charge on any atom is -0.396 e. The van der Waals surface area contributed by atoms with Crippen LogP contribution in [0.4, 0.5) is 0 Å². The lowest BCUT2D eigenvalue weighted by atomic mass is 9.79. The molecule has 20 heavy (non-hydrogen) atoms. The van der Waals surface area contributed by atoms with Gasteiger partial charge in [-0.2, -0.15) is 0 Å². The molecule has 2 heteroatoms. The number of fused-ring (bicyclic) bond motifs is 1. The van der Waals surface area contributed by atoms with E-state index in [1.165, 1.54) is 50.5 Å². The highest BCUT2D eigenvalue weighted by Gasteiger charge is 2.23. The van der Waals surface area contributed by atoms with E-state index in [-0.39, 0.29) is 0 Å². The van der Waals surface area contributed by atoms with Gasteiger partial charge in [0, 0.05) is 13.2 Å². The van der Waals surface area contributed by atoms with E-state index >= 15 is 0 Å². The minimum atomic E-state index is 0.366. The van der Waals surface area contributed by atoms with Gasteiger partial charge in [0.05, 0.1) is 0 Å². The Balaban J connectivity index is 1.49. The maximum atomic E-state index is 9.46. The smallest absolute Gasteiger partial charge is 0.0462 e. The highest BCUT2D eigenvalue weighted by atomic mass is 16.3. The van der Waals surface area contributed by atoms with Crippen molar-refractivity contribution < 1.29 is 5.11 Å². The Hall–Kier alpha value is -0.860. The molecule has 2 nitrogen and oxygen atoms in total. The van der Waals surface area contributed by atoms with E-state index in [2.05, 4.69) is 23.5 Å². The number of benzene rings is 1. The van der Waals surface area contributed by atoms with Crippen molar-refractivity contribution in [2.24, 2.45) is 11.8 Å². The third-order valence-corrected chi connectivity index (χ3v) is 5.20. The fraction of sp³-hybridized carbons (Fsp3) is 0.667. The molecular weight excluding hydrogens is 246 g/mol. The first-order valence-electron chi connectivity index (χ1n) is 8.29. The first kappa shape index (κ1) is 14.1. The van der Waals surface area contributed by atoms with Crippen LogP contribution in [0.15, 0.2) is 18.2 Å². The van der Waals surface area contributed by atoms with Crippen molar-refractivity contribution in [1.29, 1.82) is 0 Å². The molecule has 2 atom stereocenters. The van der Waals surface area contributed by atoms with Crippen LogP contribution in [0, 0.1) is 11.8 Å². The van der Waals surface area contributed by atoms with E-state index in [9.17, 15) is 5.11 Å². The van der Waals surface area contributed by atoms with Crippen LogP contribution in [0.5, 0.6) is 0 Å². The molecule has 0 heterocycles. The van der Waals surface area contributed by atoms with Crippen molar-refractivity contribution in [3.63, 3.8) is 0 Å². The van der Waals surface area contributed by atoms with Gasteiger partial charge in [0.1, 0.15) is 0 Å². The molecule has 0 aliphatic heterocycles. The SMILES string of the molecule is OCC1CCCCC1CNCc1ccc2c(c1)CCC2. The van der Waals surface area contributed by atoms with Gasteiger partial charge < -0.3 is 10.4 Å². The molecule has 1 saturated carbocycles. The monoisotopic (exact) mass is 273 g/mol. The molecule has 0 saturated heterocycles. The van der Waals surface area contributed by atoms with Crippen molar-refractivity contribution >= 4 is 0 Å². The van der Waals surface area contributed by atoms with Gasteiger partial charge in [0.15, 0.2) is 0 Å². The van der Waals surface area contributed by atoms with Gasteiger partial charge in [-0.15, -0.1) is 0 Å². The molecule has 0 spiro atoms. The van der Waals surface area contributed by atoms with Gasteiger partial charge in [-0.1, -0.05) is 31.0 Å². The van der Waals surface area contributed by atoms with Gasteiger partial charge >= 0.3 is 0 Å². The summed E-state index contributed by atoms with van der Waals surface area (Å²) in [5.41, 5.74) is 4.54. The van der Waals surface area contributed by atoms with E-state index in [4.69, 9.17) is 0 Å². The molecule has 2 unspecified atom stereocenters. The van der Waals surface area contributed by atoms with Crippen molar-refractivity contribution in [3.8, 4) is 0 Å². The summed E-state index contributed by atoms with van der Waals surface area (Å²) in [4.78, 5) is 0. The van der Waals surface area contributed by atoms with Crippen LogP contribution < -0.4 is 5.32 Å². The fourth-order valence-electron chi connectivity index (χ4n) is 3.93. The Morgan fingerprint density at radius 3 is 2.65 bits per heavy atom. The van der Waals surface area contributed by atoms with Crippen LogP contribution in [0.3, 0.4) is 0 Å². The van der Waals surface area contributed by atoms with Crippen molar-refractivity contribution in [3.05, 3.63) is 34.9 Å². The molecule has 2 aliphatic rings. The van der Waals surface area contributed by atoms with E-state index in [0.717, 1.165) is 13.1 Å². The average Bonchev–Trinajstić information content (AvgIpc) is 2.95.